The number of rotatable bonds is 10. The Balaban J connectivity index is 1.40. The lowest BCUT2D eigenvalue weighted by molar-refractivity contribution is -0.131. The van der Waals surface area contributed by atoms with Crippen molar-refractivity contribution in [2.24, 2.45) is 4.99 Å². The molecule has 39 heavy (non-hydrogen) atoms. The summed E-state index contributed by atoms with van der Waals surface area (Å²) >= 11 is 0. The number of aromatic nitrogens is 1. The molecule has 1 aromatic carbocycles. The number of amides is 4. The first-order valence-corrected chi connectivity index (χ1v) is 12.9. The third kappa shape index (κ3) is 7.01. The topological polar surface area (TPSA) is 116 Å². The van der Waals surface area contributed by atoms with Gasteiger partial charge in [0.2, 0.25) is 12.3 Å². The average Bonchev–Trinajstić information content (AvgIpc) is 2.95. The molecule has 0 saturated carbocycles. The van der Waals surface area contributed by atoms with Crippen LogP contribution in [0.1, 0.15) is 48.9 Å². The molecule has 3 heterocycles. The Hall–Kier alpha value is -3.77. The van der Waals surface area contributed by atoms with Crippen molar-refractivity contribution in [3.05, 3.63) is 65.5 Å². The zero-order valence-electron chi connectivity index (χ0n) is 21.7. The van der Waals surface area contributed by atoms with E-state index in [1.165, 1.54) is 18.1 Å². The number of halogens is 2. The van der Waals surface area contributed by atoms with E-state index in [9.17, 15) is 23.2 Å². The van der Waals surface area contributed by atoms with Gasteiger partial charge >= 0.3 is 6.03 Å². The smallest absolute Gasteiger partial charge is 0.343 e. The molecular formula is C27H32F2N6O4. The molecule has 0 spiro atoms. The van der Waals surface area contributed by atoms with Gasteiger partial charge in [-0.1, -0.05) is 12.1 Å². The van der Waals surface area contributed by atoms with Crippen LogP contribution in [-0.2, 0) is 14.3 Å². The van der Waals surface area contributed by atoms with Crippen LogP contribution in [0.5, 0.6) is 0 Å². The van der Waals surface area contributed by atoms with E-state index in [1.54, 1.807) is 0 Å². The number of amidine groups is 1. The average molecular weight is 543 g/mol. The number of aliphatic imine (C=N–C) groups is 1. The van der Waals surface area contributed by atoms with E-state index in [0.29, 0.717) is 18.7 Å². The monoisotopic (exact) mass is 542 g/mol. The molecular weight excluding hydrogens is 510 g/mol. The number of carbonyl (C=O) groups excluding carboxylic acids is 3. The lowest BCUT2D eigenvalue weighted by Gasteiger charge is -2.36. The van der Waals surface area contributed by atoms with Crippen LogP contribution in [0.4, 0.5) is 13.6 Å². The van der Waals surface area contributed by atoms with Crippen molar-refractivity contribution in [3.63, 3.8) is 0 Å². The normalized spacial score (nSPS) is 20.2. The molecule has 2 aliphatic heterocycles. The van der Waals surface area contributed by atoms with Crippen molar-refractivity contribution in [2.75, 3.05) is 33.5 Å². The van der Waals surface area contributed by atoms with Gasteiger partial charge in [0.1, 0.15) is 18.6 Å². The summed E-state index contributed by atoms with van der Waals surface area (Å²) in [6.07, 6.45) is 4.94. The van der Waals surface area contributed by atoms with E-state index >= 15 is 0 Å². The lowest BCUT2D eigenvalue weighted by Crippen LogP contribution is -2.58. The highest BCUT2D eigenvalue weighted by molar-refractivity contribution is 6.07. The van der Waals surface area contributed by atoms with Crippen LogP contribution in [0.3, 0.4) is 0 Å². The van der Waals surface area contributed by atoms with Crippen molar-refractivity contribution in [1.29, 1.82) is 0 Å². The Bertz CT molecular complexity index is 1190. The number of benzene rings is 1. The van der Waals surface area contributed by atoms with Crippen molar-refractivity contribution in [2.45, 2.75) is 43.7 Å². The molecule has 0 aliphatic carbocycles. The first-order valence-electron chi connectivity index (χ1n) is 12.9. The van der Waals surface area contributed by atoms with Crippen molar-refractivity contribution < 1.29 is 27.9 Å². The molecule has 1 aromatic heterocycles. The third-order valence-electron chi connectivity index (χ3n) is 7.05. The van der Waals surface area contributed by atoms with Gasteiger partial charge in [-0.05, 0) is 68.7 Å². The Kier molecular flexibility index (Phi) is 9.66. The maximum atomic E-state index is 14.0. The molecule has 12 heteroatoms. The van der Waals surface area contributed by atoms with Gasteiger partial charge in [0.25, 0.3) is 0 Å². The Morgan fingerprint density at radius 1 is 1.23 bits per heavy atom. The molecule has 4 amide bonds. The summed E-state index contributed by atoms with van der Waals surface area (Å²) in [5, 5.41) is 5.11. The predicted octanol–water partition coefficient (Wildman–Crippen LogP) is 2.73. The van der Waals surface area contributed by atoms with Crippen LogP contribution in [0, 0.1) is 11.6 Å². The van der Waals surface area contributed by atoms with Crippen LogP contribution < -0.4 is 10.6 Å². The molecule has 2 unspecified atom stereocenters. The molecule has 10 nitrogen and oxygen atoms in total. The fraction of sp³-hybridized carbons (Fsp3) is 0.444. The van der Waals surface area contributed by atoms with Gasteiger partial charge in [0.05, 0.1) is 6.04 Å². The second kappa shape index (κ2) is 13.3. The molecule has 0 radical (unpaired) electrons. The SMILES string of the molecule is COCN(C(=O)CCCN1CCC(c2ccccn2)CC1)C1=NC(=O)NC(c2ccc(F)c(F)c2)C1NC=O. The van der Waals surface area contributed by atoms with Crippen LogP contribution in [0.25, 0.3) is 0 Å². The largest absolute Gasteiger partial charge is 0.364 e. The minimum atomic E-state index is -1.11. The number of hydrogen-bond donors (Lipinski definition) is 2. The first kappa shape index (κ1) is 28.2. The van der Waals surface area contributed by atoms with Crippen molar-refractivity contribution in [1.82, 2.24) is 25.4 Å². The summed E-state index contributed by atoms with van der Waals surface area (Å²) in [6, 6.07) is 6.34. The van der Waals surface area contributed by atoms with Crippen molar-refractivity contribution in [3.8, 4) is 0 Å². The van der Waals surface area contributed by atoms with Gasteiger partial charge in [-0.25, -0.2) is 13.6 Å². The van der Waals surface area contributed by atoms with Gasteiger partial charge in [-0.15, -0.1) is 0 Å². The Morgan fingerprint density at radius 2 is 2.03 bits per heavy atom. The van der Waals surface area contributed by atoms with Gasteiger partial charge < -0.3 is 20.3 Å². The van der Waals surface area contributed by atoms with Crippen LogP contribution >= 0.6 is 0 Å². The van der Waals surface area contributed by atoms with Gasteiger partial charge in [0, 0.05) is 31.3 Å². The number of ether oxygens (including phenoxy) is 1. The Morgan fingerprint density at radius 3 is 2.69 bits per heavy atom. The molecule has 2 aromatic rings. The molecule has 2 N–H and O–H groups in total. The summed E-state index contributed by atoms with van der Waals surface area (Å²) in [7, 11) is 1.39. The molecule has 2 aliphatic rings. The number of piperidine rings is 1. The summed E-state index contributed by atoms with van der Waals surface area (Å²) < 4.78 is 32.7. The fourth-order valence-electron chi connectivity index (χ4n) is 5.08. The molecule has 208 valence electrons. The number of hydrogen-bond acceptors (Lipinski definition) is 6. The molecule has 1 saturated heterocycles. The summed E-state index contributed by atoms with van der Waals surface area (Å²) in [5.41, 5.74) is 1.31. The zero-order chi connectivity index (χ0) is 27.8. The standard InChI is InChI=1S/C27H32F2N6O4/c1-39-17-35(23(37)6-4-12-34-13-9-18(10-14-34)22-5-2-3-11-30-22)26-25(31-16-36)24(32-27(38)33-26)19-7-8-20(28)21(29)15-19/h2-3,5,7-8,11,15-16,18,24-25H,4,6,9-10,12-14,17H2,1H3,(H,31,36)(H,32,38). The van der Waals surface area contributed by atoms with Crippen LogP contribution in [-0.4, -0.2) is 78.5 Å². The van der Waals surface area contributed by atoms with E-state index in [-0.39, 0.29) is 30.5 Å². The number of pyridine rings is 1. The quantitative estimate of drug-likeness (QED) is 0.352. The third-order valence-corrected chi connectivity index (χ3v) is 7.05. The Labute approximate surface area is 225 Å². The molecule has 4 rings (SSSR count). The molecule has 0 bridgehead atoms. The fourth-order valence-corrected chi connectivity index (χ4v) is 5.08. The summed E-state index contributed by atoms with van der Waals surface area (Å²) in [5.74, 6) is -2.10. The maximum absolute atomic E-state index is 14.0. The van der Waals surface area contributed by atoms with E-state index in [0.717, 1.165) is 50.3 Å². The highest BCUT2D eigenvalue weighted by Crippen LogP contribution is 2.27. The highest BCUT2D eigenvalue weighted by atomic mass is 19.2. The number of nitrogens with zero attached hydrogens (tertiary/aromatic N) is 4. The van der Waals surface area contributed by atoms with Gasteiger partial charge in [-0.3, -0.25) is 19.5 Å². The zero-order valence-corrected chi connectivity index (χ0v) is 21.7. The number of urea groups is 1. The minimum absolute atomic E-state index is 0.0383. The second-order valence-electron chi connectivity index (χ2n) is 9.55. The van der Waals surface area contributed by atoms with Crippen LogP contribution in [0.2, 0.25) is 0 Å². The van der Waals surface area contributed by atoms with Crippen molar-refractivity contribution >= 4 is 24.2 Å². The number of nitrogens with one attached hydrogen (secondary N) is 2. The van der Waals surface area contributed by atoms with Crippen LogP contribution in [0.15, 0.2) is 47.6 Å². The van der Waals surface area contributed by atoms with Gasteiger partial charge in [0.15, 0.2) is 11.6 Å². The van der Waals surface area contributed by atoms with E-state index < -0.39 is 29.7 Å². The van der Waals surface area contributed by atoms with E-state index in [4.69, 9.17) is 4.74 Å². The number of likely N-dealkylation sites (tertiary alicyclic amines) is 1. The maximum Gasteiger partial charge on any atom is 0.343 e. The summed E-state index contributed by atoms with van der Waals surface area (Å²) in [6.45, 7) is 2.33. The number of methoxy groups -OCH3 is 1. The molecule has 1 fully saturated rings. The summed E-state index contributed by atoms with van der Waals surface area (Å²) in [4.78, 5) is 49.2. The lowest BCUT2D eigenvalue weighted by atomic mass is 9.93. The predicted molar refractivity (Wildman–Crippen MR) is 139 cm³/mol. The molecule has 2 atom stereocenters. The second-order valence-corrected chi connectivity index (χ2v) is 9.55. The minimum Gasteiger partial charge on any atom is -0.364 e. The van der Waals surface area contributed by atoms with E-state index in [2.05, 4.69) is 31.6 Å². The highest BCUT2D eigenvalue weighted by Gasteiger charge is 2.38. The van der Waals surface area contributed by atoms with Gasteiger partial charge in [-0.2, -0.15) is 4.99 Å². The van der Waals surface area contributed by atoms with E-state index in [1.807, 2.05) is 18.3 Å². The first-order chi connectivity index (χ1) is 18.9. The number of carbonyl (C=O) groups is 3.